The second-order valence-electron chi connectivity index (χ2n) is 6.44. The van der Waals surface area contributed by atoms with Gasteiger partial charge in [0.2, 0.25) is 0 Å². The van der Waals surface area contributed by atoms with E-state index in [9.17, 15) is 9.59 Å². The van der Waals surface area contributed by atoms with E-state index in [0.717, 1.165) is 18.4 Å². The highest BCUT2D eigenvalue weighted by Gasteiger charge is 2.18. The van der Waals surface area contributed by atoms with E-state index < -0.39 is 5.97 Å². The molecule has 0 aliphatic heterocycles. The lowest BCUT2D eigenvalue weighted by Gasteiger charge is -2.13. The number of nitrogens with two attached hydrogens (primary N) is 1. The van der Waals surface area contributed by atoms with Crippen LogP contribution in [-0.4, -0.2) is 25.0 Å². The number of methoxy groups -OCH3 is 1. The maximum Gasteiger partial charge on any atom is 0.339 e. The topological polar surface area (TPSA) is 81.4 Å². The fourth-order valence-electron chi connectivity index (χ4n) is 3.24. The van der Waals surface area contributed by atoms with Gasteiger partial charge in [-0.3, -0.25) is 4.79 Å². The first-order valence-electron chi connectivity index (χ1n) is 8.58. The van der Waals surface area contributed by atoms with Crippen molar-refractivity contribution in [2.75, 3.05) is 12.8 Å². The average molecular weight is 373 g/mol. The predicted octanol–water partition coefficient (Wildman–Crippen LogP) is 4.05. The molecule has 1 fully saturated rings. The number of anilines is 1. The van der Waals surface area contributed by atoms with E-state index in [-0.39, 0.29) is 23.2 Å². The molecule has 0 spiro atoms. The Morgan fingerprint density at radius 3 is 2.42 bits per heavy atom. The quantitative estimate of drug-likeness (QED) is 0.626. The number of carbonyl (C=O) groups excluding carboxylic acids is 2. The van der Waals surface area contributed by atoms with Crippen LogP contribution in [0, 0.1) is 0 Å². The molecule has 0 saturated heterocycles. The molecule has 0 atom stereocenters. The molecule has 136 valence electrons. The van der Waals surface area contributed by atoms with E-state index in [1.807, 2.05) is 12.1 Å². The van der Waals surface area contributed by atoms with Crippen LogP contribution in [0.3, 0.4) is 0 Å². The van der Waals surface area contributed by atoms with Gasteiger partial charge in [-0.25, -0.2) is 4.79 Å². The van der Waals surface area contributed by atoms with E-state index >= 15 is 0 Å². The van der Waals surface area contributed by atoms with Gasteiger partial charge in [-0.15, -0.1) is 0 Å². The summed E-state index contributed by atoms with van der Waals surface area (Å²) < 4.78 is 4.75. The monoisotopic (exact) mass is 372 g/mol. The van der Waals surface area contributed by atoms with E-state index in [0.29, 0.717) is 16.1 Å². The van der Waals surface area contributed by atoms with Gasteiger partial charge in [0, 0.05) is 22.9 Å². The van der Waals surface area contributed by atoms with Crippen molar-refractivity contribution < 1.29 is 14.3 Å². The number of halogens is 1. The van der Waals surface area contributed by atoms with Crippen molar-refractivity contribution in [2.24, 2.45) is 0 Å². The number of nitrogen functional groups attached to an aromatic ring is 1. The molecule has 1 saturated carbocycles. The first kappa shape index (κ1) is 18.3. The number of amides is 1. The van der Waals surface area contributed by atoms with Crippen molar-refractivity contribution >= 4 is 29.2 Å². The molecule has 0 aromatic heterocycles. The van der Waals surface area contributed by atoms with Gasteiger partial charge < -0.3 is 15.8 Å². The Morgan fingerprint density at radius 2 is 1.81 bits per heavy atom. The summed E-state index contributed by atoms with van der Waals surface area (Å²) in [5.74, 6) is -0.588. The molecule has 1 amide bonds. The number of esters is 1. The van der Waals surface area contributed by atoms with Crippen molar-refractivity contribution in [1.29, 1.82) is 0 Å². The standard InChI is InChI=1S/C20H21ClN2O3/c1-26-20(25)16-10-15(17(21)11-18(16)22)12-6-8-13(9-7-12)19(24)23-14-4-2-3-5-14/h6-11,14H,2-5,22H2,1H3,(H,23,24). The molecule has 5 nitrogen and oxygen atoms in total. The van der Waals surface area contributed by atoms with Crippen LogP contribution < -0.4 is 11.1 Å². The van der Waals surface area contributed by atoms with Crippen LogP contribution in [0.5, 0.6) is 0 Å². The van der Waals surface area contributed by atoms with E-state index in [1.165, 1.54) is 26.0 Å². The highest BCUT2D eigenvalue weighted by atomic mass is 35.5. The summed E-state index contributed by atoms with van der Waals surface area (Å²) in [5.41, 5.74) is 8.41. The van der Waals surface area contributed by atoms with Gasteiger partial charge >= 0.3 is 5.97 Å². The SMILES string of the molecule is COC(=O)c1cc(-c2ccc(C(=O)NC3CCCC3)cc2)c(Cl)cc1N. The zero-order chi connectivity index (χ0) is 18.7. The van der Waals surface area contributed by atoms with Crippen LogP contribution in [0.2, 0.25) is 5.02 Å². The van der Waals surface area contributed by atoms with E-state index in [1.54, 1.807) is 18.2 Å². The van der Waals surface area contributed by atoms with Crippen molar-refractivity contribution in [3.05, 3.63) is 52.5 Å². The maximum absolute atomic E-state index is 12.3. The summed E-state index contributed by atoms with van der Waals surface area (Å²) >= 11 is 6.29. The van der Waals surface area contributed by atoms with Gasteiger partial charge in [0.1, 0.15) is 0 Å². The van der Waals surface area contributed by atoms with Crippen molar-refractivity contribution in [3.8, 4) is 11.1 Å². The van der Waals surface area contributed by atoms with Crippen molar-refractivity contribution in [3.63, 3.8) is 0 Å². The second-order valence-corrected chi connectivity index (χ2v) is 6.85. The minimum atomic E-state index is -0.520. The normalized spacial score (nSPS) is 14.2. The largest absolute Gasteiger partial charge is 0.465 e. The molecule has 1 aliphatic rings. The molecule has 2 aromatic carbocycles. The third kappa shape index (κ3) is 3.83. The molecule has 0 radical (unpaired) electrons. The summed E-state index contributed by atoms with van der Waals surface area (Å²) in [5, 5.41) is 3.49. The molecule has 2 aromatic rings. The maximum atomic E-state index is 12.3. The van der Waals surface area contributed by atoms with Gasteiger partial charge in [-0.1, -0.05) is 36.6 Å². The number of nitrogens with one attached hydrogen (secondary N) is 1. The first-order valence-corrected chi connectivity index (χ1v) is 8.96. The minimum absolute atomic E-state index is 0.0675. The van der Waals surface area contributed by atoms with Gasteiger partial charge in [0.05, 0.1) is 17.7 Å². The molecule has 0 unspecified atom stereocenters. The highest BCUT2D eigenvalue weighted by Crippen LogP contribution is 2.32. The number of carbonyl (C=O) groups is 2. The summed E-state index contributed by atoms with van der Waals surface area (Å²) in [6.07, 6.45) is 4.42. The van der Waals surface area contributed by atoms with Crippen LogP contribution >= 0.6 is 11.6 Å². The molecular weight excluding hydrogens is 352 g/mol. The molecule has 3 rings (SSSR count). The summed E-state index contributed by atoms with van der Waals surface area (Å²) in [7, 11) is 1.30. The summed E-state index contributed by atoms with van der Waals surface area (Å²) in [4.78, 5) is 24.2. The Kier molecular flexibility index (Phi) is 5.47. The van der Waals surface area contributed by atoms with Gasteiger partial charge in [-0.2, -0.15) is 0 Å². The van der Waals surface area contributed by atoms with E-state index in [4.69, 9.17) is 22.1 Å². The second kappa shape index (κ2) is 7.79. The smallest absolute Gasteiger partial charge is 0.339 e. The molecule has 26 heavy (non-hydrogen) atoms. The molecule has 6 heteroatoms. The Bertz CT molecular complexity index is 828. The number of hydrogen-bond acceptors (Lipinski definition) is 4. The lowest BCUT2D eigenvalue weighted by molar-refractivity contribution is 0.0602. The number of rotatable bonds is 4. The number of hydrogen-bond donors (Lipinski definition) is 2. The van der Waals surface area contributed by atoms with E-state index in [2.05, 4.69) is 5.32 Å². The van der Waals surface area contributed by atoms with Gasteiger partial charge in [0.15, 0.2) is 0 Å². The van der Waals surface area contributed by atoms with Crippen molar-refractivity contribution in [1.82, 2.24) is 5.32 Å². The molecule has 1 aliphatic carbocycles. The Hall–Kier alpha value is -2.53. The van der Waals surface area contributed by atoms with Crippen LogP contribution in [-0.2, 0) is 4.74 Å². The minimum Gasteiger partial charge on any atom is -0.465 e. The van der Waals surface area contributed by atoms with Crippen LogP contribution in [0.25, 0.3) is 11.1 Å². The highest BCUT2D eigenvalue weighted by molar-refractivity contribution is 6.34. The number of benzene rings is 2. The zero-order valence-corrected chi connectivity index (χ0v) is 15.3. The zero-order valence-electron chi connectivity index (χ0n) is 14.5. The van der Waals surface area contributed by atoms with Crippen molar-refractivity contribution in [2.45, 2.75) is 31.7 Å². The average Bonchev–Trinajstić information content (AvgIpc) is 3.14. The molecule has 3 N–H and O–H groups in total. The first-order chi connectivity index (χ1) is 12.5. The summed E-state index contributed by atoms with van der Waals surface area (Å²) in [6, 6.07) is 10.5. The fourth-order valence-corrected chi connectivity index (χ4v) is 3.52. The molecule has 0 bridgehead atoms. The third-order valence-corrected chi connectivity index (χ3v) is 5.01. The molecular formula is C20H21ClN2O3. The Morgan fingerprint density at radius 1 is 1.15 bits per heavy atom. The lowest BCUT2D eigenvalue weighted by atomic mass is 10.00. The molecule has 0 heterocycles. The fraction of sp³-hybridized carbons (Fsp3) is 0.300. The lowest BCUT2D eigenvalue weighted by Crippen LogP contribution is -2.32. The van der Waals surface area contributed by atoms with Crippen LogP contribution in [0.4, 0.5) is 5.69 Å². The van der Waals surface area contributed by atoms with Crippen LogP contribution in [0.15, 0.2) is 36.4 Å². The van der Waals surface area contributed by atoms with Crippen LogP contribution in [0.1, 0.15) is 46.4 Å². The van der Waals surface area contributed by atoms with Gasteiger partial charge in [0.25, 0.3) is 5.91 Å². The number of ether oxygens (including phenoxy) is 1. The third-order valence-electron chi connectivity index (χ3n) is 4.69. The van der Waals surface area contributed by atoms with Gasteiger partial charge in [-0.05, 0) is 42.7 Å². The Labute approximate surface area is 157 Å². The predicted molar refractivity (Wildman–Crippen MR) is 102 cm³/mol. The summed E-state index contributed by atoms with van der Waals surface area (Å²) in [6.45, 7) is 0. The Balaban J connectivity index is 1.84.